The van der Waals surface area contributed by atoms with Crippen LogP contribution in [0, 0.1) is 5.92 Å². The van der Waals surface area contributed by atoms with Crippen LogP contribution < -0.4 is 0 Å². The molecule has 1 N–H and O–H groups in total. The molecule has 0 heterocycles. The van der Waals surface area contributed by atoms with E-state index in [0.29, 0.717) is 19.3 Å². The summed E-state index contributed by atoms with van der Waals surface area (Å²) in [4.78, 5) is 35.4. The number of carbonyl (C=O) groups is 3. The Morgan fingerprint density at radius 2 is 1.50 bits per heavy atom. The number of ether oxygens (including phenoxy) is 3. The molecular weight excluding hydrogens is 513 g/mol. The SMILES string of the molecule is CC(=O)COC(=O)C(OCCC(F)(F)C(F)(F)S(=O)(=O)O)(OC(=O)C1CCCCC1)C(F)(F)F. The molecule has 34 heavy (non-hydrogen) atoms. The maximum atomic E-state index is 13.9. The van der Waals surface area contributed by atoms with E-state index in [9.17, 15) is 53.5 Å². The third kappa shape index (κ3) is 6.78. The highest BCUT2D eigenvalue weighted by Crippen LogP contribution is 2.43. The molecule has 0 aromatic carbocycles. The summed E-state index contributed by atoms with van der Waals surface area (Å²) in [7, 11) is -6.70. The summed E-state index contributed by atoms with van der Waals surface area (Å²) in [6, 6.07) is 0. The van der Waals surface area contributed by atoms with Crippen LogP contribution in [-0.4, -0.2) is 67.0 Å². The van der Waals surface area contributed by atoms with Crippen LogP contribution in [0.25, 0.3) is 0 Å². The van der Waals surface area contributed by atoms with E-state index in [2.05, 4.69) is 14.2 Å². The maximum absolute atomic E-state index is 13.9. The molecule has 9 nitrogen and oxygen atoms in total. The molecule has 1 aliphatic rings. The fourth-order valence-corrected chi connectivity index (χ4v) is 3.35. The molecule has 17 heteroatoms. The minimum Gasteiger partial charge on any atom is -0.453 e. The van der Waals surface area contributed by atoms with E-state index in [4.69, 9.17) is 4.55 Å². The molecule has 1 aliphatic carbocycles. The molecular formula is C17H21F7O9S. The summed E-state index contributed by atoms with van der Waals surface area (Å²) in [5.74, 6) is -16.7. The first kappa shape index (κ1) is 30.0. The molecule has 1 fully saturated rings. The van der Waals surface area contributed by atoms with Crippen molar-refractivity contribution in [2.75, 3.05) is 13.2 Å². The lowest BCUT2D eigenvalue weighted by Crippen LogP contribution is -2.59. The van der Waals surface area contributed by atoms with Gasteiger partial charge in [0, 0.05) is 6.42 Å². The topological polar surface area (TPSA) is 133 Å². The lowest BCUT2D eigenvalue weighted by atomic mass is 9.89. The third-order valence-corrected chi connectivity index (χ3v) is 5.65. The van der Waals surface area contributed by atoms with Gasteiger partial charge in [-0.2, -0.15) is 39.2 Å². The van der Waals surface area contributed by atoms with Gasteiger partial charge in [0.2, 0.25) is 0 Å². The van der Waals surface area contributed by atoms with Crippen LogP contribution in [0.2, 0.25) is 0 Å². The first-order valence-electron chi connectivity index (χ1n) is 9.61. The van der Waals surface area contributed by atoms with Gasteiger partial charge in [0.25, 0.3) is 0 Å². The molecule has 0 aliphatic heterocycles. The van der Waals surface area contributed by atoms with Crippen LogP contribution in [0.5, 0.6) is 0 Å². The van der Waals surface area contributed by atoms with Crippen LogP contribution in [0.3, 0.4) is 0 Å². The molecule has 0 radical (unpaired) electrons. The van der Waals surface area contributed by atoms with E-state index in [0.717, 1.165) is 6.92 Å². The van der Waals surface area contributed by atoms with Gasteiger partial charge >= 0.3 is 45.2 Å². The Morgan fingerprint density at radius 1 is 0.971 bits per heavy atom. The number of carbonyl (C=O) groups excluding carboxylic acids is 3. The van der Waals surface area contributed by atoms with E-state index >= 15 is 0 Å². The van der Waals surface area contributed by atoms with Gasteiger partial charge in [-0.1, -0.05) is 19.3 Å². The average molecular weight is 534 g/mol. The summed E-state index contributed by atoms with van der Waals surface area (Å²) in [6.07, 6.45) is -6.86. The van der Waals surface area contributed by atoms with Gasteiger partial charge in [0.1, 0.15) is 6.61 Å². The second-order valence-corrected chi connectivity index (χ2v) is 8.91. The van der Waals surface area contributed by atoms with Gasteiger partial charge in [-0.3, -0.25) is 14.1 Å². The molecule has 0 spiro atoms. The standard InChI is InChI=1S/C17H21F7O9S/c1-10(25)9-31-13(27)15(16(20,21)22,33-12(26)11-5-3-2-4-6-11)32-8-7-14(18,19)17(23,24)34(28,29)30/h11H,2-9H2,1H3,(H,28,29,30). The number of ketones is 1. The smallest absolute Gasteiger partial charge is 0.453 e. The molecule has 0 aromatic heterocycles. The van der Waals surface area contributed by atoms with Gasteiger partial charge < -0.3 is 14.2 Å². The first-order valence-corrected chi connectivity index (χ1v) is 11.1. The highest BCUT2D eigenvalue weighted by atomic mass is 32.2. The Labute approximate surface area is 188 Å². The minimum absolute atomic E-state index is 0.0634. The van der Waals surface area contributed by atoms with Crippen molar-refractivity contribution >= 4 is 27.8 Å². The minimum atomic E-state index is -6.70. The van der Waals surface area contributed by atoms with Crippen molar-refractivity contribution in [3.8, 4) is 0 Å². The van der Waals surface area contributed by atoms with Crippen molar-refractivity contribution in [3.05, 3.63) is 0 Å². The Bertz CT molecular complexity index is 867. The second-order valence-electron chi connectivity index (χ2n) is 7.44. The van der Waals surface area contributed by atoms with Gasteiger partial charge in [-0.25, -0.2) is 4.79 Å². The van der Waals surface area contributed by atoms with E-state index in [1.54, 1.807) is 0 Å². The molecule has 1 saturated carbocycles. The molecule has 1 unspecified atom stereocenters. The summed E-state index contributed by atoms with van der Waals surface area (Å²) in [5.41, 5.74) is 0. The fraction of sp³-hybridized carbons (Fsp3) is 0.824. The molecule has 0 amide bonds. The molecule has 1 rings (SSSR count). The first-order chi connectivity index (χ1) is 15.3. The van der Waals surface area contributed by atoms with Crippen LogP contribution in [0.15, 0.2) is 0 Å². The van der Waals surface area contributed by atoms with Crippen molar-refractivity contribution in [2.24, 2.45) is 5.92 Å². The molecule has 0 bridgehead atoms. The van der Waals surface area contributed by atoms with E-state index in [1.807, 2.05) is 0 Å². The predicted octanol–water partition coefficient (Wildman–Crippen LogP) is 3.02. The average Bonchev–Trinajstić information content (AvgIpc) is 2.69. The van der Waals surface area contributed by atoms with Crippen LogP contribution in [-0.2, 0) is 38.7 Å². The number of alkyl halides is 7. The van der Waals surface area contributed by atoms with Crippen LogP contribution in [0.1, 0.15) is 45.4 Å². The molecule has 0 saturated heterocycles. The second kappa shape index (κ2) is 10.7. The van der Waals surface area contributed by atoms with Crippen molar-refractivity contribution in [3.63, 3.8) is 0 Å². The van der Waals surface area contributed by atoms with Crippen LogP contribution in [0.4, 0.5) is 30.7 Å². The highest BCUT2D eigenvalue weighted by Gasteiger charge is 2.69. The third-order valence-electron chi connectivity index (χ3n) is 4.70. The van der Waals surface area contributed by atoms with Gasteiger partial charge in [0.05, 0.1) is 12.5 Å². The summed E-state index contributed by atoms with van der Waals surface area (Å²) < 4.78 is 137. The maximum Gasteiger partial charge on any atom is 0.468 e. The Kier molecular flexibility index (Phi) is 9.47. The number of esters is 2. The van der Waals surface area contributed by atoms with Crippen molar-refractivity contribution < 1.29 is 72.3 Å². The van der Waals surface area contributed by atoms with Crippen molar-refractivity contribution in [1.82, 2.24) is 0 Å². The Hall–Kier alpha value is -2.01. The lowest BCUT2D eigenvalue weighted by Gasteiger charge is -2.34. The molecule has 1 atom stereocenters. The van der Waals surface area contributed by atoms with Gasteiger partial charge in [0.15, 0.2) is 5.78 Å². The normalized spacial score (nSPS) is 18.1. The molecule has 0 aromatic rings. The predicted molar refractivity (Wildman–Crippen MR) is 95.1 cm³/mol. The number of hydrogen-bond acceptors (Lipinski definition) is 8. The van der Waals surface area contributed by atoms with Crippen LogP contribution >= 0.6 is 0 Å². The number of hydrogen-bond donors (Lipinski definition) is 1. The largest absolute Gasteiger partial charge is 0.468 e. The van der Waals surface area contributed by atoms with E-state index < -0.39 is 76.5 Å². The van der Waals surface area contributed by atoms with Gasteiger partial charge in [-0.15, -0.1) is 0 Å². The number of rotatable bonds is 11. The number of Topliss-reactive ketones (excluding diaryl/α,β-unsaturated/α-hetero) is 1. The molecule has 198 valence electrons. The summed E-state index contributed by atoms with van der Waals surface area (Å²) in [5, 5.41) is -6.13. The zero-order chi connectivity index (χ0) is 26.6. The van der Waals surface area contributed by atoms with E-state index in [-0.39, 0.29) is 12.8 Å². The summed E-state index contributed by atoms with van der Waals surface area (Å²) >= 11 is 0. The highest BCUT2D eigenvalue weighted by molar-refractivity contribution is 7.87. The van der Waals surface area contributed by atoms with Crippen molar-refractivity contribution in [1.29, 1.82) is 0 Å². The quantitative estimate of drug-likeness (QED) is 0.184. The zero-order valence-electron chi connectivity index (χ0n) is 17.5. The Balaban J connectivity index is 3.26. The van der Waals surface area contributed by atoms with Crippen molar-refractivity contribution in [2.45, 2.75) is 68.6 Å². The van der Waals surface area contributed by atoms with E-state index in [1.165, 1.54) is 0 Å². The zero-order valence-corrected chi connectivity index (χ0v) is 18.3. The summed E-state index contributed by atoms with van der Waals surface area (Å²) in [6.45, 7) is -2.59. The Morgan fingerprint density at radius 3 is 1.94 bits per heavy atom. The fourth-order valence-electron chi connectivity index (χ4n) is 2.87. The number of halogens is 7. The lowest BCUT2D eigenvalue weighted by molar-refractivity contribution is -0.359. The monoisotopic (exact) mass is 534 g/mol. The van der Waals surface area contributed by atoms with Gasteiger partial charge in [-0.05, 0) is 19.8 Å².